The van der Waals surface area contributed by atoms with Gasteiger partial charge in [-0.05, 0) is 37.0 Å². The SMILES string of the molecule is CCCCCCC(=O)Nc1ccc(CCCCCC)cc1. The summed E-state index contributed by atoms with van der Waals surface area (Å²) in [6, 6.07) is 8.33. The topological polar surface area (TPSA) is 29.1 Å². The molecule has 0 unspecified atom stereocenters. The number of carbonyl (C=O) groups excluding carboxylic acids is 1. The fourth-order valence-corrected chi connectivity index (χ4v) is 2.45. The van der Waals surface area contributed by atoms with Gasteiger partial charge in [-0.2, -0.15) is 0 Å². The van der Waals surface area contributed by atoms with Crippen LogP contribution in [-0.4, -0.2) is 5.91 Å². The number of amides is 1. The summed E-state index contributed by atoms with van der Waals surface area (Å²) in [6.07, 6.45) is 11.5. The Bertz CT molecular complexity index is 383. The van der Waals surface area contributed by atoms with Crippen molar-refractivity contribution in [2.75, 3.05) is 5.32 Å². The monoisotopic (exact) mass is 289 g/mol. The van der Waals surface area contributed by atoms with E-state index >= 15 is 0 Å². The minimum Gasteiger partial charge on any atom is -0.326 e. The average Bonchev–Trinajstić information content (AvgIpc) is 2.50. The summed E-state index contributed by atoms with van der Waals surface area (Å²) in [7, 11) is 0. The number of unbranched alkanes of at least 4 members (excludes halogenated alkanes) is 6. The van der Waals surface area contributed by atoms with Crippen molar-refractivity contribution < 1.29 is 4.79 Å². The highest BCUT2D eigenvalue weighted by Crippen LogP contribution is 2.13. The molecule has 0 fully saturated rings. The van der Waals surface area contributed by atoms with Crippen LogP contribution in [0.2, 0.25) is 0 Å². The maximum atomic E-state index is 11.8. The van der Waals surface area contributed by atoms with E-state index in [2.05, 4.69) is 31.3 Å². The van der Waals surface area contributed by atoms with Crippen LogP contribution in [0.1, 0.15) is 77.2 Å². The number of carbonyl (C=O) groups is 1. The van der Waals surface area contributed by atoms with E-state index in [4.69, 9.17) is 0 Å². The van der Waals surface area contributed by atoms with Crippen LogP contribution < -0.4 is 5.32 Å². The van der Waals surface area contributed by atoms with E-state index in [1.54, 1.807) is 0 Å². The van der Waals surface area contributed by atoms with Gasteiger partial charge < -0.3 is 5.32 Å². The third-order valence-corrected chi connectivity index (χ3v) is 3.81. The van der Waals surface area contributed by atoms with Crippen molar-refractivity contribution in [2.45, 2.75) is 78.1 Å². The summed E-state index contributed by atoms with van der Waals surface area (Å²) in [5.74, 6) is 0.141. The number of rotatable bonds is 11. The molecule has 0 spiro atoms. The Kier molecular flexibility index (Phi) is 9.60. The Labute approximate surface area is 130 Å². The van der Waals surface area contributed by atoms with Gasteiger partial charge in [-0.15, -0.1) is 0 Å². The standard InChI is InChI=1S/C19H31NO/c1-3-5-7-9-11-17-13-15-18(16-14-17)20-19(21)12-10-8-6-4-2/h13-16H,3-12H2,1-2H3,(H,20,21). The molecule has 1 aromatic carbocycles. The van der Waals surface area contributed by atoms with E-state index in [1.807, 2.05) is 12.1 Å². The molecule has 0 bridgehead atoms. The first-order chi connectivity index (χ1) is 10.3. The van der Waals surface area contributed by atoms with Gasteiger partial charge in [0.15, 0.2) is 0 Å². The number of aryl methyl sites for hydroxylation is 1. The van der Waals surface area contributed by atoms with Crippen LogP contribution in [0.15, 0.2) is 24.3 Å². The first-order valence-corrected chi connectivity index (χ1v) is 8.65. The largest absolute Gasteiger partial charge is 0.326 e. The highest BCUT2D eigenvalue weighted by atomic mass is 16.1. The molecule has 2 nitrogen and oxygen atoms in total. The molecule has 0 aromatic heterocycles. The lowest BCUT2D eigenvalue weighted by atomic mass is 10.1. The van der Waals surface area contributed by atoms with Crippen molar-refractivity contribution in [3.05, 3.63) is 29.8 Å². The normalized spacial score (nSPS) is 10.6. The van der Waals surface area contributed by atoms with Crippen molar-refractivity contribution in [1.82, 2.24) is 0 Å². The molecule has 0 aliphatic rings. The smallest absolute Gasteiger partial charge is 0.224 e. The first kappa shape index (κ1) is 17.7. The van der Waals surface area contributed by atoms with Gasteiger partial charge in [-0.1, -0.05) is 64.5 Å². The summed E-state index contributed by atoms with van der Waals surface area (Å²) in [6.45, 7) is 4.42. The molecule has 118 valence electrons. The van der Waals surface area contributed by atoms with Crippen LogP contribution in [-0.2, 0) is 11.2 Å². The van der Waals surface area contributed by atoms with Crippen LogP contribution in [0, 0.1) is 0 Å². The number of hydrogen-bond acceptors (Lipinski definition) is 1. The maximum absolute atomic E-state index is 11.8. The molecule has 0 aliphatic heterocycles. The van der Waals surface area contributed by atoms with Crippen LogP contribution in [0.3, 0.4) is 0 Å². The average molecular weight is 289 g/mol. The Morgan fingerprint density at radius 3 is 2.10 bits per heavy atom. The van der Waals surface area contributed by atoms with E-state index < -0.39 is 0 Å². The number of nitrogens with one attached hydrogen (secondary N) is 1. The van der Waals surface area contributed by atoms with E-state index in [9.17, 15) is 4.79 Å². The highest BCUT2D eigenvalue weighted by molar-refractivity contribution is 5.90. The minimum absolute atomic E-state index is 0.141. The zero-order valence-corrected chi connectivity index (χ0v) is 13.8. The fraction of sp³-hybridized carbons (Fsp3) is 0.632. The predicted molar refractivity (Wildman–Crippen MR) is 91.7 cm³/mol. The van der Waals surface area contributed by atoms with Gasteiger partial charge in [0.1, 0.15) is 0 Å². The number of anilines is 1. The van der Waals surface area contributed by atoms with Crippen LogP contribution in [0.4, 0.5) is 5.69 Å². The van der Waals surface area contributed by atoms with Crippen LogP contribution >= 0.6 is 0 Å². The zero-order valence-electron chi connectivity index (χ0n) is 13.8. The second-order valence-electron chi connectivity index (χ2n) is 5.87. The molecule has 1 aromatic rings. The first-order valence-electron chi connectivity index (χ1n) is 8.65. The second kappa shape index (κ2) is 11.4. The molecular formula is C19H31NO. The van der Waals surface area contributed by atoms with Crippen LogP contribution in [0.25, 0.3) is 0 Å². The quantitative estimate of drug-likeness (QED) is 0.519. The molecule has 1 rings (SSSR count). The summed E-state index contributed by atoms with van der Waals surface area (Å²) in [4.78, 5) is 11.8. The molecule has 0 heterocycles. The van der Waals surface area contributed by atoms with Gasteiger partial charge in [-0.3, -0.25) is 4.79 Å². The molecule has 0 atom stereocenters. The Balaban J connectivity index is 2.25. The Morgan fingerprint density at radius 1 is 0.857 bits per heavy atom. The fourth-order valence-electron chi connectivity index (χ4n) is 2.45. The lowest BCUT2D eigenvalue weighted by Gasteiger charge is -2.07. The lowest BCUT2D eigenvalue weighted by molar-refractivity contribution is -0.116. The van der Waals surface area contributed by atoms with Gasteiger partial charge in [-0.25, -0.2) is 0 Å². The molecule has 0 saturated carbocycles. The highest BCUT2D eigenvalue weighted by Gasteiger charge is 2.02. The lowest BCUT2D eigenvalue weighted by Crippen LogP contribution is -2.10. The molecule has 0 aliphatic carbocycles. The van der Waals surface area contributed by atoms with Gasteiger partial charge in [0, 0.05) is 12.1 Å². The molecule has 1 N–H and O–H groups in total. The van der Waals surface area contributed by atoms with Crippen LogP contribution in [0.5, 0.6) is 0 Å². The summed E-state index contributed by atoms with van der Waals surface area (Å²) >= 11 is 0. The van der Waals surface area contributed by atoms with Crippen molar-refractivity contribution in [3.63, 3.8) is 0 Å². The number of hydrogen-bond donors (Lipinski definition) is 1. The van der Waals surface area contributed by atoms with Gasteiger partial charge in [0.05, 0.1) is 0 Å². The molecule has 0 saturated heterocycles. The van der Waals surface area contributed by atoms with Crippen molar-refractivity contribution in [1.29, 1.82) is 0 Å². The van der Waals surface area contributed by atoms with E-state index in [-0.39, 0.29) is 5.91 Å². The molecule has 0 radical (unpaired) electrons. The third-order valence-electron chi connectivity index (χ3n) is 3.81. The minimum atomic E-state index is 0.141. The molecule has 21 heavy (non-hydrogen) atoms. The molecule has 2 heteroatoms. The van der Waals surface area contributed by atoms with E-state index in [0.29, 0.717) is 6.42 Å². The van der Waals surface area contributed by atoms with Gasteiger partial charge in [0.25, 0.3) is 0 Å². The van der Waals surface area contributed by atoms with E-state index in [1.165, 1.54) is 44.1 Å². The Hall–Kier alpha value is -1.31. The summed E-state index contributed by atoms with van der Waals surface area (Å²) in [5, 5.41) is 2.98. The summed E-state index contributed by atoms with van der Waals surface area (Å²) in [5.41, 5.74) is 2.29. The predicted octanol–water partition coefficient (Wildman–Crippen LogP) is 5.72. The van der Waals surface area contributed by atoms with Crippen molar-refractivity contribution in [3.8, 4) is 0 Å². The third kappa shape index (κ3) is 8.54. The van der Waals surface area contributed by atoms with Crippen molar-refractivity contribution >= 4 is 11.6 Å². The second-order valence-corrected chi connectivity index (χ2v) is 5.87. The Morgan fingerprint density at radius 2 is 1.48 bits per heavy atom. The van der Waals surface area contributed by atoms with Crippen molar-refractivity contribution in [2.24, 2.45) is 0 Å². The maximum Gasteiger partial charge on any atom is 0.224 e. The number of benzene rings is 1. The summed E-state index contributed by atoms with van der Waals surface area (Å²) < 4.78 is 0. The molecule has 1 amide bonds. The zero-order chi connectivity index (χ0) is 15.3. The van der Waals surface area contributed by atoms with Gasteiger partial charge in [0.2, 0.25) is 5.91 Å². The molecular weight excluding hydrogens is 258 g/mol. The van der Waals surface area contributed by atoms with Gasteiger partial charge >= 0.3 is 0 Å². The van der Waals surface area contributed by atoms with E-state index in [0.717, 1.165) is 24.9 Å².